The Morgan fingerprint density at radius 2 is 1.94 bits per heavy atom. The molecule has 0 unspecified atom stereocenters. The summed E-state index contributed by atoms with van der Waals surface area (Å²) in [6.07, 6.45) is 1.91. The molecule has 8 nitrogen and oxygen atoms in total. The minimum Gasteiger partial charge on any atom is -0.494 e. The summed E-state index contributed by atoms with van der Waals surface area (Å²) in [5.41, 5.74) is 2.71. The van der Waals surface area contributed by atoms with Crippen LogP contribution in [0.3, 0.4) is 0 Å². The van der Waals surface area contributed by atoms with Gasteiger partial charge in [-0.1, -0.05) is 0 Å². The van der Waals surface area contributed by atoms with Crippen molar-refractivity contribution < 1.29 is 22.9 Å². The maximum Gasteiger partial charge on any atom is 0.338 e. The summed E-state index contributed by atoms with van der Waals surface area (Å²) in [5.74, 6) is 0.328. The number of Topliss-reactive ketones (excluding diaryl/α,β-unsaturated/α-hetero) is 1. The second-order valence-electron chi connectivity index (χ2n) is 7.63. The Morgan fingerprint density at radius 3 is 2.56 bits per heavy atom. The number of nitrogens with zero attached hydrogens (tertiary/aromatic N) is 4. The maximum absolute atomic E-state index is 14.2. The first-order valence-corrected chi connectivity index (χ1v) is 10.6. The number of rotatable bonds is 6. The number of hydrogen-bond donors (Lipinski definition) is 0. The quantitative estimate of drug-likeness (QED) is 0.306. The van der Waals surface area contributed by atoms with Crippen LogP contribution in [-0.4, -0.2) is 44.5 Å². The van der Waals surface area contributed by atoms with E-state index in [2.05, 4.69) is 4.98 Å². The van der Waals surface area contributed by atoms with Gasteiger partial charge in [0, 0.05) is 18.4 Å². The molecule has 0 spiro atoms. The first-order chi connectivity index (χ1) is 15.5. The van der Waals surface area contributed by atoms with E-state index in [1.165, 1.54) is 25.1 Å². The summed E-state index contributed by atoms with van der Waals surface area (Å²) in [7, 11) is 2.84. The lowest BCUT2D eigenvalue weighted by atomic mass is 10.2. The molecule has 1 aliphatic rings. The molecule has 0 aliphatic heterocycles. The molecule has 0 atom stereocenters. The number of ketones is 1. The van der Waals surface area contributed by atoms with Crippen molar-refractivity contribution in [3.63, 3.8) is 0 Å². The van der Waals surface area contributed by atoms with Gasteiger partial charge in [0.15, 0.2) is 29.6 Å². The monoisotopic (exact) mass is 454 g/mol. The summed E-state index contributed by atoms with van der Waals surface area (Å²) >= 11 is 0.00336. The predicted octanol–water partition coefficient (Wildman–Crippen LogP) is 4.77. The SMILES string of the molecule is COC(=O)c1cc(OC)c2c(c1)nc(-c1cc3ccc(C(C)=O)nc3n1SF)n2C1CC1. The van der Waals surface area contributed by atoms with Gasteiger partial charge in [-0.15, -0.1) is 3.89 Å². The van der Waals surface area contributed by atoms with Crippen molar-refractivity contribution >= 4 is 46.2 Å². The number of halogens is 1. The van der Waals surface area contributed by atoms with Crippen LogP contribution < -0.4 is 4.74 Å². The summed E-state index contributed by atoms with van der Waals surface area (Å²) < 4.78 is 28.0. The summed E-state index contributed by atoms with van der Waals surface area (Å²) in [6, 6.07) is 8.62. The van der Waals surface area contributed by atoms with Crippen LogP contribution in [0.5, 0.6) is 5.75 Å². The molecule has 4 aromatic rings. The zero-order valence-corrected chi connectivity index (χ0v) is 18.4. The fourth-order valence-electron chi connectivity index (χ4n) is 3.93. The third-order valence-corrected chi connectivity index (χ3v) is 6.08. The second-order valence-corrected chi connectivity index (χ2v) is 8.14. The van der Waals surface area contributed by atoms with Crippen molar-refractivity contribution in [1.29, 1.82) is 0 Å². The van der Waals surface area contributed by atoms with Crippen molar-refractivity contribution in [2.75, 3.05) is 14.2 Å². The molecule has 0 N–H and O–H groups in total. The Labute approximate surface area is 186 Å². The van der Waals surface area contributed by atoms with Crippen LogP contribution in [0.2, 0.25) is 0 Å². The van der Waals surface area contributed by atoms with Crippen LogP contribution in [0, 0.1) is 0 Å². The second kappa shape index (κ2) is 7.63. The number of aromatic nitrogens is 4. The third kappa shape index (κ3) is 3.13. The van der Waals surface area contributed by atoms with Crippen molar-refractivity contribution in [1.82, 2.24) is 18.5 Å². The molecule has 0 saturated heterocycles. The molecule has 1 saturated carbocycles. The number of methoxy groups -OCH3 is 2. The van der Waals surface area contributed by atoms with Gasteiger partial charge in [-0.2, -0.15) is 0 Å². The topological polar surface area (TPSA) is 88.2 Å². The fourth-order valence-corrected chi connectivity index (χ4v) is 4.35. The lowest BCUT2D eigenvalue weighted by Gasteiger charge is -2.11. The molecular formula is C22H19FN4O4S. The van der Waals surface area contributed by atoms with Gasteiger partial charge in [0.1, 0.15) is 22.7 Å². The molecule has 3 heterocycles. The van der Waals surface area contributed by atoms with Gasteiger partial charge in [0.05, 0.1) is 25.3 Å². The largest absolute Gasteiger partial charge is 0.494 e. The van der Waals surface area contributed by atoms with E-state index in [9.17, 15) is 13.5 Å². The Kier molecular flexibility index (Phi) is 4.89. The molecule has 1 fully saturated rings. The average Bonchev–Trinajstić information content (AvgIpc) is 3.46. The van der Waals surface area contributed by atoms with Gasteiger partial charge in [0.2, 0.25) is 0 Å². The molecule has 1 aliphatic carbocycles. The summed E-state index contributed by atoms with van der Waals surface area (Å²) in [6.45, 7) is 1.42. The molecule has 5 rings (SSSR count). The number of benzene rings is 1. The number of carbonyl (C=O) groups is 2. The minimum atomic E-state index is -0.498. The first-order valence-electron chi connectivity index (χ1n) is 9.98. The number of pyridine rings is 1. The molecule has 1 aromatic carbocycles. The Hall–Kier alpha value is -3.40. The normalized spacial score (nSPS) is 13.6. The van der Waals surface area contributed by atoms with Crippen molar-refractivity contribution in [2.24, 2.45) is 0 Å². The Morgan fingerprint density at radius 1 is 1.16 bits per heavy atom. The van der Waals surface area contributed by atoms with Gasteiger partial charge in [0.25, 0.3) is 0 Å². The standard InChI is InChI=1S/C22H19FN4O4S/c1-11(28)15-7-4-12-9-17(27(32-23)20(12)24-15)21-25-16-8-13(22(29)31-3)10-18(30-2)19(16)26(21)14-5-6-14/h4,7-10,14H,5-6H2,1-3H3. The van der Waals surface area contributed by atoms with E-state index in [1.54, 1.807) is 30.3 Å². The fraction of sp³-hybridized carbons (Fsp3) is 0.273. The predicted molar refractivity (Wildman–Crippen MR) is 119 cm³/mol. The highest BCUT2D eigenvalue weighted by Gasteiger charge is 2.32. The minimum absolute atomic E-state index is 0.00336. The zero-order chi connectivity index (χ0) is 22.6. The lowest BCUT2D eigenvalue weighted by molar-refractivity contribution is 0.0600. The third-order valence-electron chi connectivity index (χ3n) is 5.57. The van der Waals surface area contributed by atoms with Gasteiger partial charge >= 0.3 is 5.97 Å². The number of carbonyl (C=O) groups excluding carboxylic acids is 2. The molecule has 0 bridgehead atoms. The molecule has 32 heavy (non-hydrogen) atoms. The van der Waals surface area contributed by atoms with Crippen LogP contribution >= 0.6 is 12.3 Å². The number of imidazole rings is 1. The molecule has 0 radical (unpaired) electrons. The van der Waals surface area contributed by atoms with E-state index in [4.69, 9.17) is 14.5 Å². The lowest BCUT2D eigenvalue weighted by Crippen LogP contribution is -2.04. The Bertz CT molecular complexity index is 1410. The van der Waals surface area contributed by atoms with E-state index >= 15 is 0 Å². The molecular weight excluding hydrogens is 435 g/mol. The van der Waals surface area contributed by atoms with Crippen LogP contribution in [0.4, 0.5) is 3.89 Å². The average molecular weight is 454 g/mol. The molecule has 0 amide bonds. The summed E-state index contributed by atoms with van der Waals surface area (Å²) in [4.78, 5) is 33.0. The van der Waals surface area contributed by atoms with Crippen LogP contribution in [-0.2, 0) is 4.74 Å². The highest BCUT2D eigenvalue weighted by atomic mass is 32.2. The highest BCUT2D eigenvalue weighted by Crippen LogP contribution is 2.45. The van der Waals surface area contributed by atoms with Crippen LogP contribution in [0.15, 0.2) is 30.3 Å². The zero-order valence-electron chi connectivity index (χ0n) is 17.6. The van der Waals surface area contributed by atoms with Gasteiger partial charge in [-0.25, -0.2) is 18.7 Å². The summed E-state index contributed by atoms with van der Waals surface area (Å²) in [5, 5.41) is 0.687. The van der Waals surface area contributed by atoms with Gasteiger partial charge in [-0.3, -0.25) is 4.79 Å². The van der Waals surface area contributed by atoms with Crippen molar-refractivity contribution in [2.45, 2.75) is 25.8 Å². The van der Waals surface area contributed by atoms with E-state index < -0.39 is 5.97 Å². The smallest absolute Gasteiger partial charge is 0.338 e. The number of fused-ring (bicyclic) bond motifs is 2. The van der Waals surface area contributed by atoms with Crippen LogP contribution in [0.25, 0.3) is 33.6 Å². The number of hydrogen-bond acceptors (Lipinski definition) is 7. The van der Waals surface area contributed by atoms with Crippen molar-refractivity contribution in [3.05, 3.63) is 41.6 Å². The number of esters is 1. The maximum atomic E-state index is 14.2. The van der Waals surface area contributed by atoms with Gasteiger partial charge < -0.3 is 14.0 Å². The van der Waals surface area contributed by atoms with E-state index in [0.717, 1.165) is 18.4 Å². The van der Waals surface area contributed by atoms with E-state index in [-0.39, 0.29) is 29.9 Å². The van der Waals surface area contributed by atoms with Crippen LogP contribution in [0.1, 0.15) is 46.7 Å². The molecule has 10 heteroatoms. The Balaban J connectivity index is 1.81. The molecule has 3 aromatic heterocycles. The number of ether oxygens (including phenoxy) is 2. The van der Waals surface area contributed by atoms with Gasteiger partial charge in [-0.05, 0) is 43.2 Å². The van der Waals surface area contributed by atoms with E-state index in [1.807, 2.05) is 4.57 Å². The molecule has 164 valence electrons. The highest BCUT2D eigenvalue weighted by molar-refractivity contribution is 7.93. The first kappa shape index (κ1) is 20.5. The van der Waals surface area contributed by atoms with Crippen molar-refractivity contribution in [3.8, 4) is 17.3 Å². The van der Waals surface area contributed by atoms with E-state index in [0.29, 0.717) is 39.4 Å².